The monoisotopic (exact) mass is 338 g/mol. The Kier molecular flexibility index (Phi) is 6.07. The Morgan fingerprint density at radius 2 is 1.82 bits per heavy atom. The highest BCUT2D eigenvalue weighted by molar-refractivity contribution is 6.36. The van der Waals surface area contributed by atoms with Gasteiger partial charge in [-0.2, -0.15) is 0 Å². The molecule has 2 amide bonds. The molecule has 0 bridgehead atoms. The van der Waals surface area contributed by atoms with Crippen LogP contribution in [0.15, 0.2) is 42.5 Å². The van der Waals surface area contributed by atoms with Crippen molar-refractivity contribution in [2.45, 2.75) is 6.54 Å². The maximum absolute atomic E-state index is 11.6. The maximum atomic E-state index is 11.6. The van der Waals surface area contributed by atoms with Gasteiger partial charge in [-0.3, -0.25) is 0 Å². The number of carbonyl (C=O) groups excluding carboxylic acids is 1. The normalized spacial score (nSPS) is 10.3. The summed E-state index contributed by atoms with van der Waals surface area (Å²) in [6.45, 7) is 0.479. The van der Waals surface area contributed by atoms with Crippen molar-refractivity contribution in [2.75, 3.05) is 13.2 Å². The fourth-order valence-electron chi connectivity index (χ4n) is 2.05. The third-order valence-corrected chi connectivity index (χ3v) is 3.62. The molecule has 0 aliphatic carbocycles. The second-order valence-electron chi connectivity index (χ2n) is 4.61. The van der Waals surface area contributed by atoms with Gasteiger partial charge in [0.15, 0.2) is 0 Å². The van der Waals surface area contributed by atoms with Crippen molar-refractivity contribution in [3.63, 3.8) is 0 Å². The first-order chi connectivity index (χ1) is 10.6. The van der Waals surface area contributed by atoms with E-state index in [-0.39, 0.29) is 19.2 Å². The van der Waals surface area contributed by atoms with Crippen LogP contribution in [-0.2, 0) is 6.54 Å². The molecule has 0 aliphatic heterocycles. The lowest BCUT2D eigenvalue weighted by molar-refractivity contribution is 0.234. The fourth-order valence-corrected chi connectivity index (χ4v) is 2.56. The minimum Gasteiger partial charge on any atom is -0.395 e. The number of aliphatic hydroxyl groups is 1. The number of rotatable bonds is 5. The van der Waals surface area contributed by atoms with E-state index in [0.29, 0.717) is 16.6 Å². The molecular formula is C16H16Cl2N2O2. The third kappa shape index (κ3) is 4.37. The molecule has 0 radical (unpaired) electrons. The van der Waals surface area contributed by atoms with Crippen LogP contribution < -0.4 is 10.6 Å². The number of halogens is 2. The minimum atomic E-state index is -0.328. The van der Waals surface area contributed by atoms with E-state index in [2.05, 4.69) is 10.6 Å². The Labute approximate surface area is 139 Å². The maximum Gasteiger partial charge on any atom is 0.315 e. The molecular weight excluding hydrogens is 323 g/mol. The molecule has 0 aromatic heterocycles. The lowest BCUT2D eigenvalue weighted by Crippen LogP contribution is -2.36. The standard InChI is InChI=1S/C16H16Cl2N2O2/c17-12-5-6-14(15(18)9-12)13-4-2-1-3-11(13)10-20-16(22)19-7-8-21/h1-6,9,21H,7-8,10H2,(H2,19,20,22). The van der Waals surface area contributed by atoms with E-state index in [1.54, 1.807) is 12.1 Å². The molecule has 0 heterocycles. The molecule has 116 valence electrons. The highest BCUT2D eigenvalue weighted by Gasteiger charge is 2.09. The van der Waals surface area contributed by atoms with Crippen LogP contribution in [0.2, 0.25) is 10.0 Å². The van der Waals surface area contributed by atoms with Gasteiger partial charge in [-0.1, -0.05) is 53.5 Å². The number of hydrogen-bond donors (Lipinski definition) is 3. The fraction of sp³-hybridized carbons (Fsp3) is 0.188. The molecule has 2 aromatic carbocycles. The van der Waals surface area contributed by atoms with E-state index in [1.165, 1.54) is 0 Å². The summed E-state index contributed by atoms with van der Waals surface area (Å²) < 4.78 is 0. The molecule has 22 heavy (non-hydrogen) atoms. The van der Waals surface area contributed by atoms with Gasteiger partial charge in [0.05, 0.1) is 6.61 Å². The zero-order chi connectivity index (χ0) is 15.9. The summed E-state index contributed by atoms with van der Waals surface area (Å²) in [5.74, 6) is 0. The van der Waals surface area contributed by atoms with Crippen LogP contribution in [0.4, 0.5) is 4.79 Å². The molecule has 0 saturated carbocycles. The van der Waals surface area contributed by atoms with Crippen molar-refractivity contribution in [3.05, 3.63) is 58.1 Å². The van der Waals surface area contributed by atoms with E-state index < -0.39 is 0 Å². The summed E-state index contributed by atoms with van der Waals surface area (Å²) >= 11 is 12.2. The van der Waals surface area contributed by atoms with Crippen molar-refractivity contribution in [3.8, 4) is 11.1 Å². The molecule has 3 N–H and O–H groups in total. The van der Waals surface area contributed by atoms with Crippen LogP contribution in [0.25, 0.3) is 11.1 Å². The van der Waals surface area contributed by atoms with Crippen molar-refractivity contribution in [2.24, 2.45) is 0 Å². The van der Waals surface area contributed by atoms with Gasteiger partial charge in [0.1, 0.15) is 0 Å². The lowest BCUT2D eigenvalue weighted by Gasteiger charge is -2.12. The topological polar surface area (TPSA) is 61.4 Å². The average Bonchev–Trinajstić information content (AvgIpc) is 2.51. The molecule has 2 aromatic rings. The summed E-state index contributed by atoms with van der Waals surface area (Å²) in [5.41, 5.74) is 2.73. The van der Waals surface area contributed by atoms with Crippen LogP contribution >= 0.6 is 23.2 Å². The van der Waals surface area contributed by atoms with Gasteiger partial charge >= 0.3 is 6.03 Å². The largest absolute Gasteiger partial charge is 0.395 e. The van der Waals surface area contributed by atoms with Crippen molar-refractivity contribution in [1.29, 1.82) is 0 Å². The highest BCUT2D eigenvalue weighted by atomic mass is 35.5. The number of amides is 2. The molecule has 0 atom stereocenters. The summed E-state index contributed by atoms with van der Waals surface area (Å²) in [4.78, 5) is 11.6. The van der Waals surface area contributed by atoms with Gasteiger partial charge in [-0.05, 0) is 23.3 Å². The number of aliphatic hydroxyl groups excluding tert-OH is 1. The van der Waals surface area contributed by atoms with E-state index in [9.17, 15) is 4.79 Å². The van der Waals surface area contributed by atoms with Crippen LogP contribution in [-0.4, -0.2) is 24.3 Å². The summed E-state index contributed by atoms with van der Waals surface area (Å²) in [7, 11) is 0. The Hall–Kier alpha value is -1.75. The van der Waals surface area contributed by atoms with Crippen LogP contribution in [0, 0.1) is 0 Å². The number of hydrogen-bond acceptors (Lipinski definition) is 2. The smallest absolute Gasteiger partial charge is 0.315 e. The summed E-state index contributed by atoms with van der Waals surface area (Å²) in [5, 5.41) is 15.1. The van der Waals surface area contributed by atoms with E-state index in [1.807, 2.05) is 30.3 Å². The number of nitrogens with one attached hydrogen (secondary N) is 2. The molecule has 0 spiro atoms. The van der Waals surface area contributed by atoms with Crippen molar-refractivity contribution in [1.82, 2.24) is 10.6 Å². The second-order valence-corrected chi connectivity index (χ2v) is 5.46. The molecule has 6 heteroatoms. The molecule has 0 aliphatic rings. The van der Waals surface area contributed by atoms with E-state index in [4.69, 9.17) is 28.3 Å². The molecule has 2 rings (SSSR count). The Bertz CT molecular complexity index is 662. The van der Waals surface area contributed by atoms with E-state index >= 15 is 0 Å². The Balaban J connectivity index is 2.18. The van der Waals surface area contributed by atoms with Crippen molar-refractivity contribution < 1.29 is 9.90 Å². The molecule has 0 unspecified atom stereocenters. The number of urea groups is 1. The first-order valence-electron chi connectivity index (χ1n) is 6.77. The van der Waals surface area contributed by atoms with E-state index in [0.717, 1.165) is 16.7 Å². The quantitative estimate of drug-likeness (QED) is 0.781. The Morgan fingerprint density at radius 3 is 2.55 bits per heavy atom. The zero-order valence-electron chi connectivity index (χ0n) is 11.8. The predicted octanol–water partition coefficient (Wildman–Crippen LogP) is 3.45. The second kappa shape index (κ2) is 8.03. The Morgan fingerprint density at radius 1 is 1.05 bits per heavy atom. The number of benzene rings is 2. The van der Waals surface area contributed by atoms with Gasteiger partial charge in [0.2, 0.25) is 0 Å². The van der Waals surface area contributed by atoms with Crippen molar-refractivity contribution >= 4 is 29.2 Å². The molecule has 0 saturated heterocycles. The van der Waals surface area contributed by atoms with Gasteiger partial charge in [0, 0.05) is 28.7 Å². The SMILES string of the molecule is O=C(NCCO)NCc1ccccc1-c1ccc(Cl)cc1Cl. The van der Waals surface area contributed by atoms with Crippen LogP contribution in [0.5, 0.6) is 0 Å². The summed E-state index contributed by atoms with van der Waals surface area (Å²) in [6.07, 6.45) is 0. The average molecular weight is 339 g/mol. The third-order valence-electron chi connectivity index (χ3n) is 3.08. The zero-order valence-corrected chi connectivity index (χ0v) is 13.3. The first kappa shape index (κ1) is 16.6. The molecule has 0 fully saturated rings. The van der Waals surface area contributed by atoms with Gasteiger partial charge in [-0.15, -0.1) is 0 Å². The summed E-state index contributed by atoms with van der Waals surface area (Å²) in [6, 6.07) is 12.7. The predicted molar refractivity (Wildman–Crippen MR) is 89.2 cm³/mol. The minimum absolute atomic E-state index is 0.0929. The van der Waals surface area contributed by atoms with Gasteiger partial charge in [-0.25, -0.2) is 4.79 Å². The molecule has 4 nitrogen and oxygen atoms in total. The van der Waals surface area contributed by atoms with Crippen LogP contribution in [0.1, 0.15) is 5.56 Å². The highest BCUT2D eigenvalue weighted by Crippen LogP contribution is 2.32. The first-order valence-corrected chi connectivity index (χ1v) is 7.53. The van der Waals surface area contributed by atoms with Gasteiger partial charge < -0.3 is 15.7 Å². The number of carbonyl (C=O) groups is 1. The van der Waals surface area contributed by atoms with Crippen LogP contribution in [0.3, 0.4) is 0 Å². The van der Waals surface area contributed by atoms with Gasteiger partial charge in [0.25, 0.3) is 0 Å². The lowest BCUT2D eigenvalue weighted by atomic mass is 9.99.